The van der Waals surface area contributed by atoms with Gasteiger partial charge in [0.05, 0.1) is 11.0 Å². The summed E-state index contributed by atoms with van der Waals surface area (Å²) in [5, 5.41) is 4.38. The molecule has 7 aromatic carbocycles. The third-order valence-electron chi connectivity index (χ3n) is 11.3. The molecule has 1 atom stereocenters. The molecular formula is C52H36N4O. The molecule has 0 saturated heterocycles. The SMILES string of the molecule is CC1CC=CC=C1n1c2ccccc2c2c(-c3nc(-c4ccc5oc6ccccc6c5c4)nc(-c4ccccc4-c4cccc(-c5ccccc5)c4)n3)cccc21. The van der Waals surface area contributed by atoms with E-state index in [1.54, 1.807) is 0 Å². The molecule has 1 aliphatic carbocycles. The number of hydrogen-bond donors (Lipinski definition) is 0. The van der Waals surface area contributed by atoms with Crippen molar-refractivity contribution in [3.05, 3.63) is 182 Å². The van der Waals surface area contributed by atoms with Crippen LogP contribution in [0.2, 0.25) is 0 Å². The van der Waals surface area contributed by atoms with E-state index in [9.17, 15) is 0 Å². The molecule has 0 aliphatic heterocycles. The Labute approximate surface area is 329 Å². The number of aromatic nitrogens is 4. The van der Waals surface area contributed by atoms with Gasteiger partial charge < -0.3 is 8.98 Å². The lowest BCUT2D eigenvalue weighted by Gasteiger charge is -2.20. The highest BCUT2D eigenvalue weighted by molar-refractivity contribution is 6.16. The molecule has 270 valence electrons. The van der Waals surface area contributed by atoms with Gasteiger partial charge in [0.15, 0.2) is 17.5 Å². The minimum absolute atomic E-state index is 0.374. The topological polar surface area (TPSA) is 56.7 Å². The fraction of sp³-hybridized carbons (Fsp3) is 0.0577. The largest absolute Gasteiger partial charge is 0.456 e. The van der Waals surface area contributed by atoms with Crippen molar-refractivity contribution in [2.24, 2.45) is 5.92 Å². The second-order valence-corrected chi connectivity index (χ2v) is 14.8. The maximum atomic E-state index is 6.22. The number of fused-ring (bicyclic) bond motifs is 6. The molecule has 5 heteroatoms. The van der Waals surface area contributed by atoms with Crippen LogP contribution in [0.5, 0.6) is 0 Å². The van der Waals surface area contributed by atoms with Gasteiger partial charge >= 0.3 is 0 Å². The summed E-state index contributed by atoms with van der Waals surface area (Å²) in [6, 6.07) is 57.2. The zero-order valence-corrected chi connectivity index (χ0v) is 31.3. The first-order valence-corrected chi connectivity index (χ1v) is 19.5. The van der Waals surface area contributed by atoms with Crippen molar-refractivity contribution in [1.82, 2.24) is 19.5 Å². The first-order valence-electron chi connectivity index (χ1n) is 19.5. The molecule has 0 amide bonds. The fourth-order valence-electron chi connectivity index (χ4n) is 8.55. The Kier molecular flexibility index (Phi) is 7.78. The third kappa shape index (κ3) is 5.58. The lowest BCUT2D eigenvalue weighted by Crippen LogP contribution is -2.07. The lowest BCUT2D eigenvalue weighted by molar-refractivity contribution is 0.669. The molecule has 0 saturated carbocycles. The molecule has 0 bridgehead atoms. The van der Waals surface area contributed by atoms with Crippen LogP contribution in [0.15, 0.2) is 186 Å². The van der Waals surface area contributed by atoms with Gasteiger partial charge in [-0.25, -0.2) is 15.0 Å². The molecule has 0 fully saturated rings. The van der Waals surface area contributed by atoms with Crippen molar-refractivity contribution in [3.63, 3.8) is 0 Å². The van der Waals surface area contributed by atoms with E-state index in [2.05, 4.69) is 169 Å². The highest BCUT2D eigenvalue weighted by atomic mass is 16.3. The van der Waals surface area contributed by atoms with Gasteiger partial charge in [-0.1, -0.05) is 140 Å². The van der Waals surface area contributed by atoms with Crippen LogP contribution in [-0.4, -0.2) is 19.5 Å². The van der Waals surface area contributed by atoms with Crippen LogP contribution < -0.4 is 0 Å². The Morgan fingerprint density at radius 2 is 1.14 bits per heavy atom. The molecule has 11 rings (SSSR count). The zero-order chi connectivity index (χ0) is 37.9. The highest BCUT2D eigenvalue weighted by Gasteiger charge is 2.23. The van der Waals surface area contributed by atoms with Crippen LogP contribution in [-0.2, 0) is 0 Å². The van der Waals surface area contributed by atoms with E-state index < -0.39 is 0 Å². The molecule has 5 nitrogen and oxygen atoms in total. The van der Waals surface area contributed by atoms with Crippen molar-refractivity contribution < 1.29 is 4.42 Å². The molecule has 0 radical (unpaired) electrons. The molecule has 1 unspecified atom stereocenters. The molecule has 0 spiro atoms. The van der Waals surface area contributed by atoms with Gasteiger partial charge in [0.25, 0.3) is 0 Å². The highest BCUT2D eigenvalue weighted by Crippen LogP contribution is 2.42. The molecule has 1 aliphatic rings. The van der Waals surface area contributed by atoms with E-state index in [1.165, 1.54) is 22.2 Å². The van der Waals surface area contributed by atoms with Gasteiger partial charge in [0, 0.05) is 49.9 Å². The predicted molar refractivity (Wildman–Crippen MR) is 234 cm³/mol. The molecule has 3 heterocycles. The molecule has 10 aromatic rings. The quantitative estimate of drug-likeness (QED) is 0.171. The number of furan rings is 1. The summed E-state index contributed by atoms with van der Waals surface area (Å²) in [4.78, 5) is 16.0. The summed E-state index contributed by atoms with van der Waals surface area (Å²) < 4.78 is 8.65. The van der Waals surface area contributed by atoms with Gasteiger partial charge in [0.1, 0.15) is 11.2 Å². The first-order chi connectivity index (χ1) is 28.2. The Morgan fingerprint density at radius 3 is 2.02 bits per heavy atom. The molecule has 0 N–H and O–H groups in total. The average Bonchev–Trinajstić information content (AvgIpc) is 3.82. The van der Waals surface area contributed by atoms with E-state index in [0.717, 1.165) is 72.6 Å². The van der Waals surface area contributed by atoms with Crippen molar-refractivity contribution in [1.29, 1.82) is 0 Å². The average molecular weight is 733 g/mol. The Morgan fingerprint density at radius 1 is 0.491 bits per heavy atom. The lowest BCUT2D eigenvalue weighted by atomic mass is 9.95. The minimum atomic E-state index is 0.374. The van der Waals surface area contributed by atoms with E-state index in [-0.39, 0.29) is 0 Å². The van der Waals surface area contributed by atoms with Crippen molar-refractivity contribution >= 4 is 49.4 Å². The van der Waals surface area contributed by atoms with Crippen LogP contribution in [0, 0.1) is 5.92 Å². The van der Waals surface area contributed by atoms with Crippen molar-refractivity contribution in [2.45, 2.75) is 13.3 Å². The Hall–Kier alpha value is -7.37. The van der Waals surface area contributed by atoms with Gasteiger partial charge in [-0.05, 0) is 77.2 Å². The third-order valence-corrected chi connectivity index (χ3v) is 11.3. The standard InChI is InChI=1S/C52H36N4O/c1-33-15-5-10-25-44(33)56-45-26-11-8-23-41(45)49-42(24-14-27-46(49)56)52-54-50(37-29-30-48-43(32-37)39-21-9-12-28-47(39)57-48)53-51(55-52)40-22-7-6-20-38(40)36-19-13-18-35(31-36)34-16-3-2-4-17-34/h2-14,16-33H,15H2,1H3. The second-order valence-electron chi connectivity index (χ2n) is 14.8. The van der Waals surface area contributed by atoms with Gasteiger partial charge in [-0.2, -0.15) is 0 Å². The van der Waals surface area contributed by atoms with Gasteiger partial charge in [-0.15, -0.1) is 0 Å². The maximum Gasteiger partial charge on any atom is 0.164 e. The fourth-order valence-corrected chi connectivity index (χ4v) is 8.55. The van der Waals surface area contributed by atoms with Crippen molar-refractivity contribution in [2.75, 3.05) is 0 Å². The number of allylic oxidation sites excluding steroid dienone is 4. The minimum Gasteiger partial charge on any atom is -0.456 e. The summed E-state index contributed by atoms with van der Waals surface area (Å²) in [7, 11) is 0. The van der Waals surface area contributed by atoms with Crippen molar-refractivity contribution in [3.8, 4) is 56.4 Å². The number of hydrogen-bond acceptors (Lipinski definition) is 4. The summed E-state index contributed by atoms with van der Waals surface area (Å²) in [5.74, 6) is 2.21. The number of benzene rings is 7. The van der Waals surface area contributed by atoms with E-state index in [0.29, 0.717) is 23.4 Å². The Bertz CT molecular complexity index is 3240. The van der Waals surface area contributed by atoms with E-state index >= 15 is 0 Å². The van der Waals surface area contributed by atoms with Crippen LogP contribution in [0.4, 0.5) is 0 Å². The first kappa shape index (κ1) is 33.0. The van der Waals surface area contributed by atoms with E-state index in [4.69, 9.17) is 19.4 Å². The summed E-state index contributed by atoms with van der Waals surface area (Å²) in [6.07, 6.45) is 7.69. The number of para-hydroxylation sites is 2. The van der Waals surface area contributed by atoms with Gasteiger partial charge in [0.2, 0.25) is 0 Å². The number of rotatable bonds is 6. The smallest absolute Gasteiger partial charge is 0.164 e. The summed E-state index contributed by atoms with van der Waals surface area (Å²) >= 11 is 0. The summed E-state index contributed by atoms with van der Waals surface area (Å²) in [6.45, 7) is 2.30. The van der Waals surface area contributed by atoms with Gasteiger partial charge in [-0.3, -0.25) is 0 Å². The second kappa shape index (κ2) is 13.4. The predicted octanol–water partition coefficient (Wildman–Crippen LogP) is 13.7. The van der Waals surface area contributed by atoms with Crippen LogP contribution in [0.3, 0.4) is 0 Å². The molecule has 57 heavy (non-hydrogen) atoms. The normalized spacial score (nSPS) is 14.2. The number of nitrogens with zero attached hydrogens (tertiary/aromatic N) is 4. The van der Waals surface area contributed by atoms with E-state index in [1.807, 2.05) is 24.3 Å². The van der Waals surface area contributed by atoms with Crippen LogP contribution in [0.1, 0.15) is 13.3 Å². The molecule has 3 aromatic heterocycles. The van der Waals surface area contributed by atoms with Crippen LogP contribution in [0.25, 0.3) is 106 Å². The molecular weight excluding hydrogens is 697 g/mol. The zero-order valence-electron chi connectivity index (χ0n) is 31.3. The maximum absolute atomic E-state index is 6.22. The monoisotopic (exact) mass is 732 g/mol. The summed E-state index contributed by atoms with van der Waals surface area (Å²) in [5.41, 5.74) is 12.5. The van der Waals surface area contributed by atoms with Crippen LogP contribution >= 0.6 is 0 Å². The Balaban J connectivity index is 1.16.